The predicted octanol–water partition coefficient (Wildman–Crippen LogP) is -5.21. The molecule has 2 heterocycles. The third-order valence-electron chi connectivity index (χ3n) is 2.92. The molecule has 0 spiro atoms. The Kier molecular flexibility index (Phi) is 8.81. The van der Waals surface area contributed by atoms with Gasteiger partial charge in [-0.1, -0.05) is 0 Å². The average molecular weight is 416 g/mol. The average Bonchev–Trinajstić information content (AvgIpc) is 2.98. The van der Waals surface area contributed by atoms with Crippen LogP contribution in [-0.2, 0) is 38.5 Å². The molecule has 0 fully saturated rings. The van der Waals surface area contributed by atoms with Gasteiger partial charge >= 0.3 is 31.4 Å². The van der Waals surface area contributed by atoms with E-state index in [0.717, 1.165) is 0 Å². The van der Waals surface area contributed by atoms with Gasteiger partial charge in [0, 0.05) is 11.5 Å². The second-order valence-corrected chi connectivity index (χ2v) is 4.58. The number of cyclic esters (lactones) is 2. The van der Waals surface area contributed by atoms with Crippen molar-refractivity contribution in [1.29, 1.82) is 0 Å². The molecule has 0 aromatic carbocycles. The minimum atomic E-state index is -1.46. The van der Waals surface area contributed by atoms with E-state index in [1.807, 2.05) is 0 Å². The molecule has 12 nitrogen and oxygen atoms in total. The number of aliphatic hydroxyl groups excluding tert-OH is 6. The van der Waals surface area contributed by atoms with Crippen LogP contribution in [0.4, 0.5) is 0 Å². The quantitative estimate of drug-likeness (QED) is 0.187. The molecule has 2 aliphatic heterocycles. The summed E-state index contributed by atoms with van der Waals surface area (Å²) < 4.78 is 8.51. The molecule has 0 saturated heterocycles. The summed E-state index contributed by atoms with van der Waals surface area (Å²) >= 11 is 0. The smallest absolute Gasteiger partial charge is 0.865 e. The van der Waals surface area contributed by atoms with Gasteiger partial charge in [-0.25, -0.2) is 9.59 Å². The molecule has 0 aromatic heterocycles. The van der Waals surface area contributed by atoms with E-state index in [1.165, 1.54) is 0 Å². The third kappa shape index (κ3) is 5.03. The molecule has 2 rings (SSSR count). The van der Waals surface area contributed by atoms with Crippen LogP contribution in [-0.4, -0.2) is 80.2 Å². The first kappa shape index (κ1) is 23.1. The van der Waals surface area contributed by atoms with E-state index in [0.29, 0.717) is 0 Å². The maximum Gasteiger partial charge on any atom is 2.00 e. The number of hydrogen-bond donors (Lipinski definition) is 6. The molecule has 0 aliphatic carbocycles. The number of ether oxygens (including phenoxy) is 2. The fourth-order valence-electron chi connectivity index (χ4n) is 1.63. The van der Waals surface area contributed by atoms with Crippen LogP contribution in [0, 0.1) is 0 Å². The fraction of sp³-hybridized carbons (Fsp3) is 0.500. The number of aliphatic hydroxyl groups is 6. The molecule has 2 aliphatic rings. The molecule has 4 unspecified atom stereocenters. The molecule has 0 amide bonds. The summed E-state index contributed by atoms with van der Waals surface area (Å²) in [6, 6.07) is 0. The molecule has 13 heteroatoms. The zero-order valence-corrected chi connectivity index (χ0v) is 15.5. The number of esters is 2. The molecular weight excluding hydrogens is 402 g/mol. The summed E-state index contributed by atoms with van der Waals surface area (Å²) in [5, 5.41) is 73.5. The molecule has 136 valence electrons. The van der Waals surface area contributed by atoms with Gasteiger partial charge < -0.3 is 50.3 Å². The van der Waals surface area contributed by atoms with Crippen LogP contribution in [0.2, 0.25) is 0 Å². The van der Waals surface area contributed by atoms with E-state index in [-0.39, 0.29) is 19.5 Å². The summed E-state index contributed by atoms with van der Waals surface area (Å²) in [6.45, 7) is -1.40. The first-order valence-corrected chi connectivity index (χ1v) is 6.35. The van der Waals surface area contributed by atoms with Gasteiger partial charge in [0.25, 0.3) is 0 Å². The van der Waals surface area contributed by atoms with Crippen LogP contribution in [0.1, 0.15) is 0 Å². The third-order valence-corrected chi connectivity index (χ3v) is 2.92. The summed E-state index contributed by atoms with van der Waals surface area (Å²) in [4.78, 5) is 20.9. The summed E-state index contributed by atoms with van der Waals surface area (Å²) in [7, 11) is 0. The largest absolute Gasteiger partial charge is 2.00 e. The first-order chi connectivity index (χ1) is 11.1. The molecule has 0 bridgehead atoms. The van der Waals surface area contributed by atoms with Gasteiger partial charge in [0.05, 0.1) is 13.2 Å². The second kappa shape index (κ2) is 9.54. The van der Waals surface area contributed by atoms with Gasteiger partial charge in [0.1, 0.15) is 23.7 Å². The summed E-state index contributed by atoms with van der Waals surface area (Å²) in [6.07, 6.45) is -5.76. The maximum atomic E-state index is 10.6. The molecule has 0 aromatic rings. The van der Waals surface area contributed by atoms with Crippen molar-refractivity contribution in [2.24, 2.45) is 0 Å². The van der Waals surface area contributed by atoms with E-state index in [1.54, 1.807) is 0 Å². The predicted molar refractivity (Wildman–Crippen MR) is 65.3 cm³/mol. The van der Waals surface area contributed by atoms with Crippen molar-refractivity contribution in [1.82, 2.24) is 0 Å². The van der Waals surface area contributed by atoms with Crippen molar-refractivity contribution >= 4 is 11.9 Å². The second-order valence-electron chi connectivity index (χ2n) is 4.58. The molecule has 0 radical (unpaired) electrons. The Morgan fingerprint density at radius 3 is 1.28 bits per heavy atom. The number of carbonyl (C=O) groups is 2. The Balaban J connectivity index is 0.000000443. The van der Waals surface area contributed by atoms with E-state index in [2.05, 4.69) is 9.47 Å². The van der Waals surface area contributed by atoms with Gasteiger partial charge in [-0.15, -0.1) is 0 Å². The van der Waals surface area contributed by atoms with Crippen molar-refractivity contribution < 1.29 is 79.4 Å². The van der Waals surface area contributed by atoms with Gasteiger partial charge in [-0.3, -0.25) is 0 Å². The zero-order chi connectivity index (χ0) is 18.6. The Bertz CT molecular complexity index is 520. The Morgan fingerprint density at radius 2 is 1.12 bits per heavy atom. The zero-order valence-electron chi connectivity index (χ0n) is 12.6. The SMILES string of the molecule is O=C1OC(C(O)CO)C(O)=C1[O-].O=C1OC(C(O)CO)C(O)=C1[O-].[Zn+2]. The van der Waals surface area contributed by atoms with Gasteiger partial charge in [0.2, 0.25) is 0 Å². The monoisotopic (exact) mass is 414 g/mol. The minimum absolute atomic E-state index is 0. The van der Waals surface area contributed by atoms with Gasteiger partial charge in [-0.05, 0) is 0 Å². The molecule has 0 saturated carbocycles. The standard InChI is InChI=1S/2C6H8O6.Zn/c2*7-1-2(8)5-3(9)4(10)6(11)12-5;/h2*2,5,7-10H,1H2;/q;;+2/p-2. The molecular formula is C12H14O12Zn. The number of hydrogen-bond acceptors (Lipinski definition) is 12. The Morgan fingerprint density at radius 1 is 0.840 bits per heavy atom. The van der Waals surface area contributed by atoms with Crippen LogP contribution in [0.5, 0.6) is 0 Å². The number of carbonyl (C=O) groups excluding carboxylic acids is 2. The molecule has 4 atom stereocenters. The van der Waals surface area contributed by atoms with E-state index in [9.17, 15) is 19.8 Å². The van der Waals surface area contributed by atoms with Crippen molar-refractivity contribution in [3.05, 3.63) is 23.0 Å². The molecule has 25 heavy (non-hydrogen) atoms. The van der Waals surface area contributed by atoms with Crippen molar-refractivity contribution in [2.75, 3.05) is 13.2 Å². The number of rotatable bonds is 4. The van der Waals surface area contributed by atoms with Gasteiger partial charge in [0.15, 0.2) is 12.2 Å². The van der Waals surface area contributed by atoms with Crippen LogP contribution >= 0.6 is 0 Å². The van der Waals surface area contributed by atoms with Crippen molar-refractivity contribution in [3.63, 3.8) is 0 Å². The topological polar surface area (TPSA) is 220 Å². The summed E-state index contributed by atoms with van der Waals surface area (Å²) in [5.41, 5.74) is 0. The van der Waals surface area contributed by atoms with E-state index >= 15 is 0 Å². The fourth-order valence-corrected chi connectivity index (χ4v) is 1.63. The normalized spacial score (nSPS) is 24.8. The van der Waals surface area contributed by atoms with Crippen LogP contribution in [0.25, 0.3) is 0 Å². The van der Waals surface area contributed by atoms with Crippen LogP contribution in [0.3, 0.4) is 0 Å². The van der Waals surface area contributed by atoms with Crippen LogP contribution in [0.15, 0.2) is 23.0 Å². The first-order valence-electron chi connectivity index (χ1n) is 6.35. The van der Waals surface area contributed by atoms with Crippen LogP contribution < -0.4 is 10.2 Å². The van der Waals surface area contributed by atoms with Gasteiger partial charge in [-0.2, -0.15) is 0 Å². The Hall–Kier alpha value is -1.92. The van der Waals surface area contributed by atoms with E-state index in [4.69, 9.17) is 30.6 Å². The maximum absolute atomic E-state index is 10.6. The van der Waals surface area contributed by atoms with Crippen molar-refractivity contribution in [3.8, 4) is 0 Å². The molecule has 6 N–H and O–H groups in total. The summed E-state index contributed by atoms with van der Waals surface area (Å²) in [5.74, 6) is -6.50. The minimum Gasteiger partial charge on any atom is -0.865 e. The Labute approximate surface area is 152 Å². The van der Waals surface area contributed by atoms with Crippen molar-refractivity contribution in [2.45, 2.75) is 24.4 Å². The van der Waals surface area contributed by atoms with E-state index < -0.39 is 72.6 Å².